The zero-order chi connectivity index (χ0) is 10.9. The van der Waals surface area contributed by atoms with E-state index in [2.05, 4.69) is 4.98 Å². The number of nitrogen functional groups attached to an aromatic ring is 1. The van der Waals surface area contributed by atoms with Gasteiger partial charge in [-0.05, 0) is 18.6 Å². The second-order valence-corrected chi connectivity index (χ2v) is 4.51. The number of ketones is 1. The smallest absolute Gasteiger partial charge is 0.169 e. The van der Waals surface area contributed by atoms with Crippen LogP contribution >= 0.6 is 0 Å². The van der Waals surface area contributed by atoms with Gasteiger partial charge in [-0.1, -0.05) is 20.8 Å². The number of aromatic nitrogens is 1. The second-order valence-electron chi connectivity index (χ2n) is 4.51. The van der Waals surface area contributed by atoms with Gasteiger partial charge in [0.15, 0.2) is 5.78 Å². The van der Waals surface area contributed by atoms with E-state index in [0.717, 1.165) is 5.56 Å². The van der Waals surface area contributed by atoms with Gasteiger partial charge in [0, 0.05) is 17.2 Å². The predicted octanol–water partition coefficient (Wildman–Crippen LogP) is 2.20. The zero-order valence-electron chi connectivity index (χ0n) is 9.09. The van der Waals surface area contributed by atoms with Crippen molar-refractivity contribution in [1.29, 1.82) is 0 Å². The molecule has 1 aromatic heterocycles. The zero-order valence-corrected chi connectivity index (χ0v) is 9.09. The normalized spacial score (nSPS) is 11.4. The fraction of sp³-hybridized carbons (Fsp3) is 0.455. The summed E-state index contributed by atoms with van der Waals surface area (Å²) < 4.78 is 0. The monoisotopic (exact) mass is 192 g/mol. The second kappa shape index (κ2) is 3.40. The minimum atomic E-state index is -0.371. The number of carbonyl (C=O) groups excluding carboxylic acids is 1. The van der Waals surface area contributed by atoms with Gasteiger partial charge in [0.05, 0.1) is 0 Å². The first kappa shape index (κ1) is 10.7. The molecule has 0 unspecified atom stereocenters. The number of pyridine rings is 1. The molecule has 1 aromatic rings. The number of anilines is 1. The summed E-state index contributed by atoms with van der Waals surface area (Å²) in [5.41, 5.74) is 6.68. The molecule has 76 valence electrons. The molecule has 14 heavy (non-hydrogen) atoms. The summed E-state index contributed by atoms with van der Waals surface area (Å²) in [4.78, 5) is 15.8. The molecule has 0 spiro atoms. The van der Waals surface area contributed by atoms with Crippen molar-refractivity contribution in [2.45, 2.75) is 27.7 Å². The Bertz CT molecular complexity index is 364. The lowest BCUT2D eigenvalue weighted by Gasteiger charge is -2.16. The Morgan fingerprint density at radius 2 is 2.00 bits per heavy atom. The molecule has 0 aromatic carbocycles. The average Bonchev–Trinajstić information content (AvgIpc) is 2.07. The molecule has 0 aliphatic carbocycles. The van der Waals surface area contributed by atoms with Crippen molar-refractivity contribution in [2.24, 2.45) is 5.41 Å². The van der Waals surface area contributed by atoms with E-state index in [1.807, 2.05) is 27.7 Å². The van der Waals surface area contributed by atoms with Crippen LogP contribution in [0.5, 0.6) is 0 Å². The van der Waals surface area contributed by atoms with Crippen LogP contribution in [0.25, 0.3) is 0 Å². The molecule has 2 N–H and O–H groups in total. The van der Waals surface area contributed by atoms with Crippen LogP contribution in [0, 0.1) is 12.3 Å². The van der Waals surface area contributed by atoms with Crippen LogP contribution in [0.4, 0.5) is 5.82 Å². The summed E-state index contributed by atoms with van der Waals surface area (Å²) in [5.74, 6) is 0.573. The van der Waals surface area contributed by atoms with Crippen LogP contribution in [-0.4, -0.2) is 10.8 Å². The summed E-state index contributed by atoms with van der Waals surface area (Å²) in [5, 5.41) is 0. The third kappa shape index (κ3) is 2.10. The maximum absolute atomic E-state index is 11.8. The minimum Gasteiger partial charge on any atom is -0.383 e. The average molecular weight is 192 g/mol. The SMILES string of the molecule is Cc1cc(C(=O)C(C)(C)C)cnc1N. The summed E-state index contributed by atoms with van der Waals surface area (Å²) in [6.45, 7) is 7.52. The molecule has 1 rings (SSSR count). The summed E-state index contributed by atoms with van der Waals surface area (Å²) in [6.07, 6.45) is 1.54. The number of nitrogens with zero attached hydrogens (tertiary/aromatic N) is 1. The molecule has 0 aliphatic heterocycles. The van der Waals surface area contributed by atoms with Crippen molar-refractivity contribution in [3.05, 3.63) is 23.4 Å². The molecule has 0 radical (unpaired) electrons. The number of Topliss-reactive ketones (excluding diaryl/α,β-unsaturated/α-hetero) is 1. The number of rotatable bonds is 1. The molecule has 0 bridgehead atoms. The van der Waals surface area contributed by atoms with Gasteiger partial charge in [-0.25, -0.2) is 4.98 Å². The Morgan fingerprint density at radius 3 is 2.43 bits per heavy atom. The largest absolute Gasteiger partial charge is 0.383 e. The molecule has 3 nitrogen and oxygen atoms in total. The fourth-order valence-electron chi connectivity index (χ4n) is 1.14. The van der Waals surface area contributed by atoms with E-state index in [4.69, 9.17) is 5.73 Å². The highest BCUT2D eigenvalue weighted by Gasteiger charge is 2.23. The first-order valence-corrected chi connectivity index (χ1v) is 4.59. The van der Waals surface area contributed by atoms with E-state index < -0.39 is 0 Å². The number of hydrogen-bond donors (Lipinski definition) is 1. The molecule has 0 atom stereocenters. The lowest BCUT2D eigenvalue weighted by Crippen LogP contribution is -2.20. The Kier molecular flexibility index (Phi) is 2.60. The van der Waals surface area contributed by atoms with Gasteiger partial charge in [-0.2, -0.15) is 0 Å². The van der Waals surface area contributed by atoms with Crippen LogP contribution in [0.3, 0.4) is 0 Å². The van der Waals surface area contributed by atoms with Crippen molar-refractivity contribution in [3.63, 3.8) is 0 Å². The Morgan fingerprint density at radius 1 is 1.43 bits per heavy atom. The Labute approximate surface area is 84.3 Å². The third-order valence-corrected chi connectivity index (χ3v) is 2.06. The topological polar surface area (TPSA) is 56.0 Å². The fourth-order valence-corrected chi connectivity index (χ4v) is 1.14. The lowest BCUT2D eigenvalue weighted by atomic mass is 9.87. The highest BCUT2D eigenvalue weighted by Crippen LogP contribution is 2.21. The first-order chi connectivity index (χ1) is 6.32. The Hall–Kier alpha value is -1.38. The quantitative estimate of drug-likeness (QED) is 0.694. The van der Waals surface area contributed by atoms with Gasteiger partial charge in [0.2, 0.25) is 0 Å². The standard InChI is InChI=1S/C11H16N2O/c1-7-5-8(6-13-10(7)12)9(14)11(2,3)4/h5-6H,1-4H3,(H2,12,13). The maximum atomic E-state index is 11.8. The van der Waals surface area contributed by atoms with E-state index in [-0.39, 0.29) is 11.2 Å². The molecule has 0 amide bonds. The lowest BCUT2D eigenvalue weighted by molar-refractivity contribution is 0.0858. The molecule has 1 heterocycles. The van der Waals surface area contributed by atoms with Crippen LogP contribution in [0.15, 0.2) is 12.3 Å². The first-order valence-electron chi connectivity index (χ1n) is 4.59. The number of carbonyl (C=O) groups is 1. The van der Waals surface area contributed by atoms with E-state index in [9.17, 15) is 4.79 Å². The molecule has 0 aliphatic rings. The predicted molar refractivity (Wildman–Crippen MR) is 57.2 cm³/mol. The number of nitrogens with two attached hydrogens (primary N) is 1. The summed E-state index contributed by atoms with van der Waals surface area (Å²) in [6, 6.07) is 1.79. The van der Waals surface area contributed by atoms with Crippen molar-refractivity contribution < 1.29 is 4.79 Å². The third-order valence-electron chi connectivity index (χ3n) is 2.06. The van der Waals surface area contributed by atoms with Gasteiger partial charge in [0.25, 0.3) is 0 Å². The van der Waals surface area contributed by atoms with Crippen LogP contribution in [-0.2, 0) is 0 Å². The molecular formula is C11H16N2O. The summed E-state index contributed by atoms with van der Waals surface area (Å²) in [7, 11) is 0. The van der Waals surface area contributed by atoms with Crippen LogP contribution in [0.1, 0.15) is 36.7 Å². The molecule has 0 fully saturated rings. The highest BCUT2D eigenvalue weighted by atomic mass is 16.1. The van der Waals surface area contributed by atoms with Gasteiger partial charge in [-0.15, -0.1) is 0 Å². The van der Waals surface area contributed by atoms with E-state index in [0.29, 0.717) is 11.4 Å². The highest BCUT2D eigenvalue weighted by molar-refractivity contribution is 5.99. The van der Waals surface area contributed by atoms with E-state index in [1.54, 1.807) is 6.07 Å². The maximum Gasteiger partial charge on any atom is 0.169 e. The van der Waals surface area contributed by atoms with E-state index >= 15 is 0 Å². The van der Waals surface area contributed by atoms with Crippen LogP contribution in [0.2, 0.25) is 0 Å². The summed E-state index contributed by atoms with van der Waals surface area (Å²) >= 11 is 0. The van der Waals surface area contributed by atoms with Crippen molar-refractivity contribution in [3.8, 4) is 0 Å². The molecule has 0 saturated carbocycles. The molecular weight excluding hydrogens is 176 g/mol. The van der Waals surface area contributed by atoms with Crippen LogP contribution < -0.4 is 5.73 Å². The van der Waals surface area contributed by atoms with Gasteiger partial charge >= 0.3 is 0 Å². The Balaban J connectivity index is 3.10. The van der Waals surface area contributed by atoms with Crippen molar-refractivity contribution >= 4 is 11.6 Å². The van der Waals surface area contributed by atoms with Crippen molar-refractivity contribution in [1.82, 2.24) is 4.98 Å². The van der Waals surface area contributed by atoms with Gasteiger partial charge < -0.3 is 5.73 Å². The number of aryl methyl sites for hydroxylation is 1. The van der Waals surface area contributed by atoms with Gasteiger partial charge in [0.1, 0.15) is 5.82 Å². The molecule has 0 saturated heterocycles. The van der Waals surface area contributed by atoms with Crippen molar-refractivity contribution in [2.75, 3.05) is 5.73 Å². The molecule has 3 heteroatoms. The number of hydrogen-bond acceptors (Lipinski definition) is 3. The van der Waals surface area contributed by atoms with E-state index in [1.165, 1.54) is 6.20 Å². The van der Waals surface area contributed by atoms with Gasteiger partial charge in [-0.3, -0.25) is 4.79 Å². The minimum absolute atomic E-state index is 0.0908.